The molecule has 1 N–H and O–H groups in total. The van der Waals surface area contributed by atoms with E-state index >= 15 is 0 Å². The van der Waals surface area contributed by atoms with Gasteiger partial charge in [0.25, 0.3) is 5.69 Å². The van der Waals surface area contributed by atoms with E-state index in [1.165, 1.54) is 11.6 Å². The summed E-state index contributed by atoms with van der Waals surface area (Å²) in [5.74, 6) is 0. The van der Waals surface area contributed by atoms with Crippen molar-refractivity contribution < 1.29 is 4.92 Å². The van der Waals surface area contributed by atoms with Crippen molar-refractivity contribution in [2.24, 2.45) is 7.05 Å². The fourth-order valence-electron chi connectivity index (χ4n) is 1.96. The minimum Gasteiger partial charge on any atom is -0.357 e. The zero-order valence-corrected chi connectivity index (χ0v) is 11.0. The van der Waals surface area contributed by atoms with Crippen LogP contribution < -0.4 is 5.32 Å². The van der Waals surface area contributed by atoms with Gasteiger partial charge in [-0.3, -0.25) is 10.1 Å². The van der Waals surface area contributed by atoms with Gasteiger partial charge in [0.05, 0.1) is 4.92 Å². The number of rotatable bonds is 5. The van der Waals surface area contributed by atoms with Gasteiger partial charge in [0.1, 0.15) is 0 Å². The van der Waals surface area contributed by atoms with Gasteiger partial charge in [-0.15, -0.1) is 0 Å². The average molecular weight is 259 g/mol. The Labute approximate surface area is 112 Å². The highest BCUT2D eigenvalue weighted by Gasteiger charge is 2.10. The number of nitrogens with one attached hydrogen (secondary N) is 1. The molecule has 0 saturated carbocycles. The number of hydrogen-bond acceptors (Lipinski definition) is 3. The summed E-state index contributed by atoms with van der Waals surface area (Å²) in [6.07, 6.45) is 4.04. The van der Waals surface area contributed by atoms with Gasteiger partial charge < -0.3 is 9.88 Å². The van der Waals surface area contributed by atoms with Gasteiger partial charge in [-0.05, 0) is 24.1 Å². The van der Waals surface area contributed by atoms with E-state index in [1.807, 2.05) is 43.1 Å². The number of nitro benzene ring substituents is 1. The van der Waals surface area contributed by atoms with Gasteiger partial charge in [0.15, 0.2) is 0 Å². The molecule has 0 saturated heterocycles. The Balaban J connectivity index is 2.01. The van der Waals surface area contributed by atoms with Gasteiger partial charge in [-0.1, -0.05) is 12.1 Å². The first-order valence-corrected chi connectivity index (χ1v) is 6.15. The lowest BCUT2D eigenvalue weighted by Gasteiger charge is -2.13. The van der Waals surface area contributed by atoms with E-state index in [4.69, 9.17) is 0 Å². The third-order valence-electron chi connectivity index (χ3n) is 3.09. The number of non-ortho nitro benzene ring substituents is 1. The Kier molecular flexibility index (Phi) is 3.97. The monoisotopic (exact) mass is 259 g/mol. The number of benzene rings is 1. The maximum absolute atomic E-state index is 10.7. The zero-order chi connectivity index (χ0) is 13.8. The van der Waals surface area contributed by atoms with E-state index in [0.29, 0.717) is 0 Å². The Hall–Kier alpha value is -2.14. The molecule has 0 aliphatic carbocycles. The first kappa shape index (κ1) is 13.3. The van der Waals surface area contributed by atoms with Crippen LogP contribution in [0, 0.1) is 10.1 Å². The number of aryl methyl sites for hydroxylation is 1. The molecule has 0 aliphatic heterocycles. The molecule has 0 bridgehead atoms. The molecule has 1 heterocycles. The van der Waals surface area contributed by atoms with Crippen molar-refractivity contribution >= 4 is 5.69 Å². The Bertz CT molecular complexity index is 578. The van der Waals surface area contributed by atoms with Crippen molar-refractivity contribution in [3.05, 3.63) is 64.0 Å². The van der Waals surface area contributed by atoms with Crippen LogP contribution in [0.3, 0.4) is 0 Å². The second-order valence-corrected chi connectivity index (χ2v) is 4.64. The van der Waals surface area contributed by atoms with Crippen LogP contribution >= 0.6 is 0 Å². The molecule has 0 amide bonds. The van der Waals surface area contributed by atoms with Crippen LogP contribution in [0.2, 0.25) is 0 Å². The fraction of sp³-hybridized carbons (Fsp3) is 0.286. The predicted octanol–water partition coefficient (Wildman–Crippen LogP) is 2.78. The first-order valence-electron chi connectivity index (χ1n) is 6.15. The van der Waals surface area contributed by atoms with E-state index in [1.54, 1.807) is 12.1 Å². The molecule has 5 nitrogen and oxygen atoms in total. The van der Waals surface area contributed by atoms with Crippen molar-refractivity contribution in [1.82, 2.24) is 9.88 Å². The lowest BCUT2D eigenvalue weighted by atomic mass is 10.1. The molecule has 2 rings (SSSR count). The van der Waals surface area contributed by atoms with E-state index in [2.05, 4.69) is 5.32 Å². The van der Waals surface area contributed by atoms with E-state index < -0.39 is 0 Å². The highest BCUT2D eigenvalue weighted by molar-refractivity contribution is 5.35. The summed E-state index contributed by atoms with van der Waals surface area (Å²) >= 11 is 0. The van der Waals surface area contributed by atoms with Gasteiger partial charge in [0.2, 0.25) is 0 Å². The van der Waals surface area contributed by atoms with Gasteiger partial charge in [-0.25, -0.2) is 0 Å². The van der Waals surface area contributed by atoms with Crippen LogP contribution in [0.25, 0.3) is 0 Å². The van der Waals surface area contributed by atoms with Gasteiger partial charge in [0, 0.05) is 44.2 Å². The summed E-state index contributed by atoms with van der Waals surface area (Å²) in [5, 5.41) is 14.1. The number of hydrogen-bond donors (Lipinski definition) is 1. The third-order valence-corrected chi connectivity index (χ3v) is 3.09. The van der Waals surface area contributed by atoms with Crippen molar-refractivity contribution in [2.75, 3.05) is 0 Å². The quantitative estimate of drug-likeness (QED) is 0.663. The van der Waals surface area contributed by atoms with Crippen molar-refractivity contribution in [1.29, 1.82) is 0 Å². The topological polar surface area (TPSA) is 60.1 Å². The van der Waals surface area contributed by atoms with Crippen molar-refractivity contribution in [2.45, 2.75) is 19.5 Å². The highest BCUT2D eigenvalue weighted by atomic mass is 16.6. The Morgan fingerprint density at radius 1 is 1.42 bits per heavy atom. The average Bonchev–Trinajstić information content (AvgIpc) is 2.82. The number of aromatic nitrogens is 1. The molecule has 2 aromatic rings. The van der Waals surface area contributed by atoms with Gasteiger partial charge in [-0.2, -0.15) is 0 Å². The second-order valence-electron chi connectivity index (χ2n) is 4.64. The summed E-state index contributed by atoms with van der Waals surface area (Å²) < 4.78 is 2.00. The molecule has 0 spiro atoms. The molecule has 0 radical (unpaired) electrons. The molecule has 0 fully saturated rings. The third kappa shape index (κ3) is 3.42. The van der Waals surface area contributed by atoms with Crippen LogP contribution in [0.4, 0.5) is 5.69 Å². The van der Waals surface area contributed by atoms with Crippen LogP contribution in [0.15, 0.2) is 42.7 Å². The van der Waals surface area contributed by atoms with E-state index in [0.717, 1.165) is 12.1 Å². The lowest BCUT2D eigenvalue weighted by molar-refractivity contribution is -0.384. The first-order chi connectivity index (χ1) is 9.06. The van der Waals surface area contributed by atoms with Crippen molar-refractivity contribution in [3.63, 3.8) is 0 Å². The Morgan fingerprint density at radius 3 is 2.84 bits per heavy atom. The standard InChI is InChI=1S/C14H17N3O2/c1-11(15-9-12-6-7-16(2)10-12)13-4-3-5-14(8-13)17(18)19/h3-8,10-11,15H,9H2,1-2H3. The van der Waals surface area contributed by atoms with Crippen molar-refractivity contribution in [3.8, 4) is 0 Å². The zero-order valence-electron chi connectivity index (χ0n) is 11.0. The highest BCUT2D eigenvalue weighted by Crippen LogP contribution is 2.19. The van der Waals surface area contributed by atoms with E-state index in [-0.39, 0.29) is 16.7 Å². The maximum Gasteiger partial charge on any atom is 0.269 e. The smallest absolute Gasteiger partial charge is 0.269 e. The molecule has 1 unspecified atom stereocenters. The summed E-state index contributed by atoms with van der Waals surface area (Å²) in [6.45, 7) is 2.74. The summed E-state index contributed by atoms with van der Waals surface area (Å²) in [4.78, 5) is 10.4. The summed E-state index contributed by atoms with van der Waals surface area (Å²) in [5.41, 5.74) is 2.25. The van der Waals surface area contributed by atoms with E-state index in [9.17, 15) is 10.1 Å². The molecule has 1 aromatic heterocycles. The SMILES string of the molecule is CC(NCc1ccn(C)c1)c1cccc([N+](=O)[O-])c1. The normalized spacial score (nSPS) is 12.3. The lowest BCUT2D eigenvalue weighted by Crippen LogP contribution is -2.17. The van der Waals surface area contributed by atoms with Crippen LogP contribution in [0.1, 0.15) is 24.1 Å². The number of nitro groups is 1. The minimum absolute atomic E-state index is 0.0695. The largest absolute Gasteiger partial charge is 0.357 e. The maximum atomic E-state index is 10.7. The number of nitrogens with zero attached hydrogens (tertiary/aromatic N) is 2. The van der Waals surface area contributed by atoms with Crippen LogP contribution in [-0.2, 0) is 13.6 Å². The van der Waals surface area contributed by atoms with Gasteiger partial charge >= 0.3 is 0 Å². The molecular weight excluding hydrogens is 242 g/mol. The molecule has 19 heavy (non-hydrogen) atoms. The van der Waals surface area contributed by atoms with Crippen LogP contribution in [0.5, 0.6) is 0 Å². The minimum atomic E-state index is -0.368. The molecule has 100 valence electrons. The Morgan fingerprint density at radius 2 is 2.21 bits per heavy atom. The molecule has 5 heteroatoms. The molecule has 1 aromatic carbocycles. The molecule has 0 aliphatic rings. The van der Waals surface area contributed by atoms with Crippen LogP contribution in [-0.4, -0.2) is 9.49 Å². The summed E-state index contributed by atoms with van der Waals surface area (Å²) in [7, 11) is 1.98. The second kappa shape index (κ2) is 5.67. The molecule has 1 atom stereocenters. The summed E-state index contributed by atoms with van der Waals surface area (Å²) in [6, 6.07) is 8.85. The predicted molar refractivity (Wildman–Crippen MR) is 73.8 cm³/mol. The molecular formula is C14H17N3O2. The fourth-order valence-corrected chi connectivity index (χ4v) is 1.96.